The molecule has 1 aromatic carbocycles. The second kappa shape index (κ2) is 4.82. The maximum atomic E-state index is 10.9. The Kier molecular flexibility index (Phi) is 3.23. The summed E-state index contributed by atoms with van der Waals surface area (Å²) in [5.74, 6) is 0.785. The zero-order chi connectivity index (χ0) is 12.3. The molecule has 0 amide bonds. The van der Waals surface area contributed by atoms with Gasteiger partial charge in [-0.15, -0.1) is 0 Å². The number of aldehydes is 1. The molecule has 0 N–H and O–H groups in total. The fraction of sp³-hybridized carbons (Fsp3) is 0.231. The molecule has 0 saturated heterocycles. The maximum absolute atomic E-state index is 10.9. The lowest BCUT2D eigenvalue weighted by Gasteiger charge is -2.04. The molecule has 2 aromatic rings. The standard InChI is InChI=1S/C13H14N2O2/c1-3-17-12-6-4-5-10(7-12)13-11(9-16)8-15(2)14-13/h4-9H,3H2,1-2H3. The third kappa shape index (κ3) is 2.36. The summed E-state index contributed by atoms with van der Waals surface area (Å²) in [5, 5.41) is 4.28. The van der Waals surface area contributed by atoms with E-state index in [1.165, 1.54) is 0 Å². The summed E-state index contributed by atoms with van der Waals surface area (Å²) in [6.45, 7) is 2.55. The summed E-state index contributed by atoms with van der Waals surface area (Å²) in [5.41, 5.74) is 2.16. The molecule has 0 aliphatic heterocycles. The molecule has 4 nitrogen and oxygen atoms in total. The van der Waals surface area contributed by atoms with Crippen molar-refractivity contribution in [2.75, 3.05) is 6.61 Å². The SMILES string of the molecule is CCOc1cccc(-c2nn(C)cc2C=O)c1. The molecular formula is C13H14N2O2. The lowest BCUT2D eigenvalue weighted by atomic mass is 10.1. The van der Waals surface area contributed by atoms with Crippen molar-refractivity contribution in [1.29, 1.82) is 0 Å². The van der Waals surface area contributed by atoms with Crippen LogP contribution < -0.4 is 4.74 Å². The van der Waals surface area contributed by atoms with Crippen LogP contribution in [0, 0.1) is 0 Å². The number of carbonyl (C=O) groups excluding carboxylic acids is 1. The highest BCUT2D eigenvalue weighted by Gasteiger charge is 2.09. The average molecular weight is 230 g/mol. The molecule has 2 rings (SSSR count). The van der Waals surface area contributed by atoms with E-state index < -0.39 is 0 Å². The highest BCUT2D eigenvalue weighted by molar-refractivity contribution is 5.85. The van der Waals surface area contributed by atoms with E-state index in [1.54, 1.807) is 17.9 Å². The van der Waals surface area contributed by atoms with E-state index in [0.717, 1.165) is 17.6 Å². The number of nitrogens with zero attached hydrogens (tertiary/aromatic N) is 2. The first-order valence-corrected chi connectivity index (χ1v) is 5.46. The quantitative estimate of drug-likeness (QED) is 0.757. The molecule has 0 spiro atoms. The normalized spacial score (nSPS) is 10.2. The second-order valence-electron chi connectivity index (χ2n) is 3.69. The molecule has 0 unspecified atom stereocenters. The van der Waals surface area contributed by atoms with Gasteiger partial charge in [-0.3, -0.25) is 9.48 Å². The first kappa shape index (κ1) is 11.4. The molecule has 0 radical (unpaired) electrons. The van der Waals surface area contributed by atoms with Crippen LogP contribution in [0.1, 0.15) is 17.3 Å². The number of aromatic nitrogens is 2. The van der Waals surface area contributed by atoms with Crippen LogP contribution in [0.3, 0.4) is 0 Å². The third-order valence-corrected chi connectivity index (χ3v) is 2.40. The molecule has 0 aliphatic carbocycles. The van der Waals surface area contributed by atoms with Gasteiger partial charge < -0.3 is 4.74 Å². The number of benzene rings is 1. The first-order chi connectivity index (χ1) is 8.24. The van der Waals surface area contributed by atoms with Crippen LogP contribution in [-0.2, 0) is 7.05 Å². The number of ether oxygens (including phenoxy) is 1. The Bertz CT molecular complexity index is 532. The highest BCUT2D eigenvalue weighted by atomic mass is 16.5. The Morgan fingerprint density at radius 3 is 3.00 bits per heavy atom. The Morgan fingerprint density at radius 2 is 2.29 bits per heavy atom. The molecule has 0 bridgehead atoms. The van der Waals surface area contributed by atoms with Crippen molar-refractivity contribution in [3.63, 3.8) is 0 Å². The van der Waals surface area contributed by atoms with E-state index in [0.29, 0.717) is 17.9 Å². The van der Waals surface area contributed by atoms with Crippen LogP contribution in [0.5, 0.6) is 5.75 Å². The van der Waals surface area contributed by atoms with Gasteiger partial charge in [0.1, 0.15) is 11.4 Å². The molecule has 0 aliphatic rings. The molecule has 4 heteroatoms. The van der Waals surface area contributed by atoms with Crippen molar-refractivity contribution in [3.8, 4) is 17.0 Å². The van der Waals surface area contributed by atoms with E-state index in [2.05, 4.69) is 5.10 Å². The van der Waals surface area contributed by atoms with Crippen LogP contribution in [0.2, 0.25) is 0 Å². The summed E-state index contributed by atoms with van der Waals surface area (Å²) in [4.78, 5) is 10.9. The molecule has 1 aromatic heterocycles. The lowest BCUT2D eigenvalue weighted by molar-refractivity contribution is 0.112. The fourth-order valence-corrected chi connectivity index (χ4v) is 1.72. The highest BCUT2D eigenvalue weighted by Crippen LogP contribution is 2.24. The minimum absolute atomic E-state index is 0.584. The van der Waals surface area contributed by atoms with Crippen molar-refractivity contribution >= 4 is 6.29 Å². The molecule has 17 heavy (non-hydrogen) atoms. The minimum Gasteiger partial charge on any atom is -0.494 e. The van der Waals surface area contributed by atoms with Crippen LogP contribution in [0.4, 0.5) is 0 Å². The van der Waals surface area contributed by atoms with Gasteiger partial charge in [0.15, 0.2) is 6.29 Å². The van der Waals surface area contributed by atoms with Gasteiger partial charge in [0.2, 0.25) is 0 Å². The van der Waals surface area contributed by atoms with Gasteiger partial charge in [-0.25, -0.2) is 0 Å². The number of rotatable bonds is 4. The average Bonchev–Trinajstić information content (AvgIpc) is 2.71. The van der Waals surface area contributed by atoms with Gasteiger partial charge in [0, 0.05) is 18.8 Å². The third-order valence-electron chi connectivity index (χ3n) is 2.40. The number of hydrogen-bond donors (Lipinski definition) is 0. The van der Waals surface area contributed by atoms with Gasteiger partial charge >= 0.3 is 0 Å². The number of carbonyl (C=O) groups is 1. The van der Waals surface area contributed by atoms with Crippen molar-refractivity contribution < 1.29 is 9.53 Å². The van der Waals surface area contributed by atoms with Gasteiger partial charge in [0.05, 0.1) is 12.2 Å². The number of hydrogen-bond acceptors (Lipinski definition) is 3. The molecule has 88 valence electrons. The van der Waals surface area contributed by atoms with E-state index in [1.807, 2.05) is 31.2 Å². The van der Waals surface area contributed by atoms with Crippen LogP contribution in [-0.4, -0.2) is 22.7 Å². The monoisotopic (exact) mass is 230 g/mol. The topological polar surface area (TPSA) is 44.1 Å². The van der Waals surface area contributed by atoms with E-state index in [9.17, 15) is 4.79 Å². The first-order valence-electron chi connectivity index (χ1n) is 5.46. The van der Waals surface area contributed by atoms with Gasteiger partial charge in [0.25, 0.3) is 0 Å². The summed E-state index contributed by atoms with van der Waals surface area (Å²) in [6.07, 6.45) is 2.52. The minimum atomic E-state index is 0.584. The summed E-state index contributed by atoms with van der Waals surface area (Å²) >= 11 is 0. The predicted octanol–water partition coefficient (Wildman–Crippen LogP) is 2.30. The molecular weight excluding hydrogens is 216 g/mol. The van der Waals surface area contributed by atoms with Crippen LogP contribution in [0.15, 0.2) is 30.5 Å². The maximum Gasteiger partial charge on any atom is 0.153 e. The smallest absolute Gasteiger partial charge is 0.153 e. The number of aryl methyl sites for hydroxylation is 1. The van der Waals surface area contributed by atoms with Crippen molar-refractivity contribution in [1.82, 2.24) is 9.78 Å². The van der Waals surface area contributed by atoms with Crippen molar-refractivity contribution in [2.45, 2.75) is 6.92 Å². The van der Waals surface area contributed by atoms with E-state index in [-0.39, 0.29) is 0 Å². The Labute approximate surface area is 99.8 Å². The Hall–Kier alpha value is -2.10. The second-order valence-corrected chi connectivity index (χ2v) is 3.69. The molecule has 0 atom stereocenters. The zero-order valence-electron chi connectivity index (χ0n) is 9.88. The Morgan fingerprint density at radius 1 is 1.47 bits per heavy atom. The van der Waals surface area contributed by atoms with E-state index in [4.69, 9.17) is 4.74 Å². The lowest BCUT2D eigenvalue weighted by Crippen LogP contribution is -1.92. The van der Waals surface area contributed by atoms with E-state index >= 15 is 0 Å². The Balaban J connectivity index is 2.44. The fourth-order valence-electron chi connectivity index (χ4n) is 1.72. The molecule has 0 fully saturated rings. The van der Waals surface area contributed by atoms with Crippen LogP contribution >= 0.6 is 0 Å². The van der Waals surface area contributed by atoms with Gasteiger partial charge in [-0.05, 0) is 19.1 Å². The summed E-state index contributed by atoms with van der Waals surface area (Å²) in [6, 6.07) is 7.58. The zero-order valence-corrected chi connectivity index (χ0v) is 9.88. The van der Waals surface area contributed by atoms with Gasteiger partial charge in [-0.1, -0.05) is 12.1 Å². The predicted molar refractivity (Wildman–Crippen MR) is 65.2 cm³/mol. The van der Waals surface area contributed by atoms with Crippen molar-refractivity contribution in [3.05, 3.63) is 36.0 Å². The molecule has 0 saturated carbocycles. The van der Waals surface area contributed by atoms with Crippen molar-refractivity contribution in [2.24, 2.45) is 7.05 Å². The summed E-state index contributed by atoms with van der Waals surface area (Å²) in [7, 11) is 1.79. The van der Waals surface area contributed by atoms with Crippen LogP contribution in [0.25, 0.3) is 11.3 Å². The largest absolute Gasteiger partial charge is 0.494 e. The summed E-state index contributed by atoms with van der Waals surface area (Å²) < 4.78 is 7.06. The molecule has 1 heterocycles. The van der Waals surface area contributed by atoms with Gasteiger partial charge in [-0.2, -0.15) is 5.10 Å².